The van der Waals surface area contributed by atoms with Crippen LogP contribution in [-0.2, 0) is 0 Å². The Morgan fingerprint density at radius 2 is 1.55 bits per heavy atom. The van der Waals surface area contributed by atoms with Crippen LogP contribution in [0, 0.1) is 0 Å². The second-order valence-electron chi connectivity index (χ2n) is 4.71. The van der Waals surface area contributed by atoms with Crippen molar-refractivity contribution in [2.24, 2.45) is 0 Å². The number of nitrogens with zero attached hydrogens (tertiary/aromatic N) is 2. The Morgan fingerprint density at radius 1 is 0.955 bits per heavy atom. The number of nitrogens with two attached hydrogens (primary N) is 1. The topological polar surface area (TPSA) is 78.0 Å². The molecule has 0 saturated carbocycles. The van der Waals surface area contributed by atoms with Crippen LogP contribution in [-0.4, -0.2) is 15.3 Å². The first-order chi connectivity index (χ1) is 10.7. The molecule has 0 saturated heterocycles. The molecule has 1 aromatic heterocycles. The molecule has 108 valence electrons. The summed E-state index contributed by atoms with van der Waals surface area (Å²) in [5.74, 6) is -0.185. The molecule has 5 heteroatoms. The standard InChI is InChI=1S/C17H13N3O2/c18-16-14(15(21)12-7-3-1-4-8-12)11-19-17(22)20(16)13-9-5-2-6-10-13/h1-11H,18H2. The number of para-hydroxylation sites is 1. The SMILES string of the molecule is Nc1c(C(=O)c2ccccc2)cnc(=O)n1-c1ccccc1. The zero-order valence-corrected chi connectivity index (χ0v) is 11.6. The summed E-state index contributed by atoms with van der Waals surface area (Å²) in [4.78, 5) is 28.3. The monoisotopic (exact) mass is 291 g/mol. The van der Waals surface area contributed by atoms with E-state index in [-0.39, 0.29) is 17.2 Å². The van der Waals surface area contributed by atoms with E-state index in [4.69, 9.17) is 5.73 Å². The van der Waals surface area contributed by atoms with Gasteiger partial charge in [-0.05, 0) is 12.1 Å². The number of aromatic nitrogens is 2. The lowest BCUT2D eigenvalue weighted by atomic mass is 10.1. The highest BCUT2D eigenvalue weighted by molar-refractivity contribution is 6.11. The van der Waals surface area contributed by atoms with Gasteiger partial charge in [-0.15, -0.1) is 0 Å². The van der Waals surface area contributed by atoms with Crippen LogP contribution in [0.1, 0.15) is 15.9 Å². The van der Waals surface area contributed by atoms with Gasteiger partial charge in [0.1, 0.15) is 5.82 Å². The predicted molar refractivity (Wildman–Crippen MR) is 84.1 cm³/mol. The van der Waals surface area contributed by atoms with E-state index in [1.165, 1.54) is 10.8 Å². The van der Waals surface area contributed by atoms with E-state index in [1.54, 1.807) is 48.5 Å². The maximum absolute atomic E-state index is 12.5. The summed E-state index contributed by atoms with van der Waals surface area (Å²) in [6, 6.07) is 17.6. The van der Waals surface area contributed by atoms with Crippen LogP contribution in [0.25, 0.3) is 5.69 Å². The molecule has 0 amide bonds. The molecule has 0 aliphatic carbocycles. The van der Waals surface area contributed by atoms with Crippen LogP contribution in [0.2, 0.25) is 0 Å². The van der Waals surface area contributed by atoms with Crippen molar-refractivity contribution in [3.63, 3.8) is 0 Å². The maximum atomic E-state index is 12.5. The number of nitrogen functional groups attached to an aromatic ring is 1. The van der Waals surface area contributed by atoms with Crippen LogP contribution >= 0.6 is 0 Å². The van der Waals surface area contributed by atoms with Gasteiger partial charge in [-0.2, -0.15) is 0 Å². The number of carbonyl (C=O) groups excluding carboxylic acids is 1. The van der Waals surface area contributed by atoms with Crippen molar-refractivity contribution in [2.45, 2.75) is 0 Å². The van der Waals surface area contributed by atoms with Crippen LogP contribution < -0.4 is 11.4 Å². The molecule has 2 aromatic carbocycles. The van der Waals surface area contributed by atoms with Crippen molar-refractivity contribution in [3.05, 3.63) is 88.5 Å². The number of hydrogen-bond donors (Lipinski definition) is 1. The van der Waals surface area contributed by atoms with Gasteiger partial charge < -0.3 is 5.73 Å². The summed E-state index contributed by atoms with van der Waals surface area (Å²) in [5.41, 5.74) is 6.80. The van der Waals surface area contributed by atoms with E-state index in [0.29, 0.717) is 11.3 Å². The molecule has 3 rings (SSSR count). The molecule has 5 nitrogen and oxygen atoms in total. The van der Waals surface area contributed by atoms with Crippen LogP contribution in [0.5, 0.6) is 0 Å². The lowest BCUT2D eigenvalue weighted by Gasteiger charge is -2.12. The summed E-state index contributed by atoms with van der Waals surface area (Å²) in [6.07, 6.45) is 1.23. The third kappa shape index (κ3) is 2.40. The maximum Gasteiger partial charge on any atom is 0.353 e. The highest BCUT2D eigenvalue weighted by Gasteiger charge is 2.17. The first-order valence-corrected chi connectivity index (χ1v) is 6.71. The van der Waals surface area contributed by atoms with Crippen molar-refractivity contribution in [1.29, 1.82) is 0 Å². The molecule has 0 radical (unpaired) electrons. The van der Waals surface area contributed by atoms with Gasteiger partial charge in [-0.1, -0.05) is 48.5 Å². The van der Waals surface area contributed by atoms with E-state index in [9.17, 15) is 9.59 Å². The third-order valence-corrected chi connectivity index (χ3v) is 3.31. The first kappa shape index (κ1) is 13.8. The fourth-order valence-corrected chi connectivity index (χ4v) is 2.21. The quantitative estimate of drug-likeness (QED) is 0.749. The molecule has 0 fully saturated rings. The molecule has 0 atom stereocenters. The summed E-state index contributed by atoms with van der Waals surface area (Å²) in [6.45, 7) is 0. The minimum absolute atomic E-state index is 0.0834. The van der Waals surface area contributed by atoms with E-state index in [1.807, 2.05) is 12.1 Å². The van der Waals surface area contributed by atoms with Crippen molar-refractivity contribution in [1.82, 2.24) is 9.55 Å². The number of anilines is 1. The number of benzene rings is 2. The van der Waals surface area contributed by atoms with E-state index < -0.39 is 5.69 Å². The normalized spacial score (nSPS) is 10.4. The van der Waals surface area contributed by atoms with E-state index in [2.05, 4.69) is 4.98 Å². The minimum atomic E-state index is -0.520. The van der Waals surface area contributed by atoms with Crippen molar-refractivity contribution < 1.29 is 4.79 Å². The minimum Gasteiger partial charge on any atom is -0.384 e. The van der Waals surface area contributed by atoms with Gasteiger partial charge in [0, 0.05) is 11.8 Å². The summed E-state index contributed by atoms with van der Waals surface area (Å²) in [7, 11) is 0. The van der Waals surface area contributed by atoms with E-state index >= 15 is 0 Å². The van der Waals surface area contributed by atoms with Crippen molar-refractivity contribution in [2.75, 3.05) is 5.73 Å². The second kappa shape index (κ2) is 5.65. The van der Waals surface area contributed by atoms with Gasteiger partial charge in [0.15, 0.2) is 5.78 Å². The molecular formula is C17H13N3O2. The number of carbonyl (C=O) groups is 1. The van der Waals surface area contributed by atoms with Crippen LogP contribution in [0.3, 0.4) is 0 Å². The Hall–Kier alpha value is -3.21. The molecular weight excluding hydrogens is 278 g/mol. The molecule has 1 heterocycles. The molecule has 0 spiro atoms. The van der Waals surface area contributed by atoms with Crippen molar-refractivity contribution in [3.8, 4) is 5.69 Å². The Morgan fingerprint density at radius 3 is 2.18 bits per heavy atom. The lowest BCUT2D eigenvalue weighted by Crippen LogP contribution is -2.26. The van der Waals surface area contributed by atoms with Crippen LogP contribution in [0.15, 0.2) is 71.7 Å². The Kier molecular flexibility index (Phi) is 3.53. The van der Waals surface area contributed by atoms with Gasteiger partial charge in [0.05, 0.1) is 11.3 Å². The van der Waals surface area contributed by atoms with Gasteiger partial charge >= 0.3 is 5.69 Å². The van der Waals surface area contributed by atoms with Gasteiger partial charge in [-0.25, -0.2) is 14.3 Å². The van der Waals surface area contributed by atoms with Crippen LogP contribution in [0.4, 0.5) is 5.82 Å². The number of hydrogen-bond acceptors (Lipinski definition) is 4. The highest BCUT2D eigenvalue weighted by atomic mass is 16.1. The summed E-state index contributed by atoms with van der Waals surface area (Å²) in [5, 5.41) is 0. The fraction of sp³-hybridized carbons (Fsp3) is 0. The van der Waals surface area contributed by atoms with Gasteiger partial charge in [0.2, 0.25) is 0 Å². The number of ketones is 1. The zero-order valence-electron chi connectivity index (χ0n) is 11.6. The van der Waals surface area contributed by atoms with Gasteiger partial charge in [-0.3, -0.25) is 4.79 Å². The average molecular weight is 291 g/mol. The first-order valence-electron chi connectivity index (χ1n) is 6.71. The second-order valence-corrected chi connectivity index (χ2v) is 4.71. The van der Waals surface area contributed by atoms with Gasteiger partial charge in [0.25, 0.3) is 0 Å². The molecule has 0 unspecified atom stereocenters. The molecule has 0 aliphatic rings. The Bertz CT molecular complexity index is 871. The third-order valence-electron chi connectivity index (χ3n) is 3.31. The summed E-state index contributed by atoms with van der Waals surface area (Å²) < 4.78 is 1.23. The largest absolute Gasteiger partial charge is 0.384 e. The smallest absolute Gasteiger partial charge is 0.353 e. The zero-order chi connectivity index (χ0) is 15.5. The highest BCUT2D eigenvalue weighted by Crippen LogP contribution is 2.17. The Labute approximate surface area is 126 Å². The Balaban J connectivity index is 2.16. The predicted octanol–water partition coefficient (Wildman–Crippen LogP) is 2.05. The molecule has 2 N–H and O–H groups in total. The van der Waals surface area contributed by atoms with Crippen molar-refractivity contribution >= 4 is 11.6 Å². The molecule has 0 bridgehead atoms. The molecule has 22 heavy (non-hydrogen) atoms. The molecule has 0 aliphatic heterocycles. The number of rotatable bonds is 3. The summed E-state index contributed by atoms with van der Waals surface area (Å²) >= 11 is 0. The lowest BCUT2D eigenvalue weighted by molar-refractivity contribution is 0.103. The fourth-order valence-electron chi connectivity index (χ4n) is 2.21. The van der Waals surface area contributed by atoms with E-state index in [0.717, 1.165) is 0 Å². The average Bonchev–Trinajstić information content (AvgIpc) is 2.56. The molecule has 3 aromatic rings.